The SMILES string of the molecule is COc1cccc(Nc2cc(-c3cnc(N)nc3)nc(N3CCOCC3)n2)c1.COc1ccccc1Nc1cc(-c2cnc(N)nc2)nc(N2CCOCC2)n1.N#Cc1cccc(Nc2cc(-c3cnc(N)nc3)nc(N3CCOCC3)n2)c1.Nc1ccc(-c2cc(-c3nn[nH]n3)nc(N3CCOCC3)n2)cn1.Nc1ccc(-c2cc(Nc3ccc(F)cc3)nc(N3CCOCC3)n2)cn1. The van der Waals surface area contributed by atoms with Gasteiger partial charge in [-0.25, -0.2) is 74.2 Å². The van der Waals surface area contributed by atoms with Gasteiger partial charge in [-0.1, -0.05) is 24.3 Å². The summed E-state index contributed by atoms with van der Waals surface area (Å²) in [5, 5.41) is 36.3. The fourth-order valence-electron chi connectivity index (χ4n) is 13.8. The molecule has 0 radical (unpaired) electrons. The van der Waals surface area contributed by atoms with Crippen LogP contribution in [0, 0.1) is 17.1 Å². The molecule has 15 N–H and O–H groups in total. The number of tetrazole rings is 1. The van der Waals surface area contributed by atoms with Crippen molar-refractivity contribution in [3.05, 3.63) is 213 Å². The molecule has 0 amide bonds. The lowest BCUT2D eigenvalue weighted by molar-refractivity contribution is 0.122. The van der Waals surface area contributed by atoms with Gasteiger partial charge in [-0.2, -0.15) is 30.4 Å². The minimum atomic E-state index is -0.286. The number of H-pyrrole nitrogens is 1. The molecule has 44 nitrogen and oxygen atoms in total. The van der Waals surface area contributed by atoms with E-state index in [0.717, 1.165) is 126 Å². The van der Waals surface area contributed by atoms with Gasteiger partial charge in [-0.15, -0.1) is 10.2 Å². The van der Waals surface area contributed by atoms with Crippen LogP contribution in [0.5, 0.6) is 11.5 Å². The molecular formula is C90H94FN37O7. The van der Waals surface area contributed by atoms with Crippen molar-refractivity contribution < 1.29 is 37.5 Å². The van der Waals surface area contributed by atoms with E-state index in [9.17, 15) is 4.39 Å². The Morgan fingerprint density at radius 3 is 1.10 bits per heavy atom. The summed E-state index contributed by atoms with van der Waals surface area (Å²) in [6.45, 7) is 13.7. The molecule has 5 fully saturated rings. The van der Waals surface area contributed by atoms with E-state index in [1.807, 2.05) is 103 Å². The molecule has 15 aromatic rings. The Balaban J connectivity index is 0.000000123. The number of morpholine rings is 5. The van der Waals surface area contributed by atoms with Gasteiger partial charge in [0, 0.05) is 190 Å². The van der Waals surface area contributed by atoms with Crippen molar-refractivity contribution in [1.29, 1.82) is 5.26 Å². The maximum Gasteiger partial charge on any atom is 0.228 e. The molecule has 0 saturated carbocycles. The number of aromatic amines is 1. The second-order valence-corrected chi connectivity index (χ2v) is 30.0. The topological polar surface area (TPSA) is 569 Å². The van der Waals surface area contributed by atoms with E-state index in [1.165, 1.54) is 12.1 Å². The minimum Gasteiger partial charge on any atom is -0.497 e. The zero-order chi connectivity index (χ0) is 93.0. The highest BCUT2D eigenvalue weighted by Gasteiger charge is 2.25. The highest BCUT2D eigenvalue weighted by molar-refractivity contribution is 5.74. The van der Waals surface area contributed by atoms with Crippen LogP contribution < -0.4 is 83.9 Å². The first-order valence-electron chi connectivity index (χ1n) is 42.7. The summed E-state index contributed by atoms with van der Waals surface area (Å²) in [5.74, 6) is 8.77. The molecule has 11 aromatic heterocycles. The largest absolute Gasteiger partial charge is 0.497 e. The van der Waals surface area contributed by atoms with Crippen molar-refractivity contribution >= 4 is 105 Å². The highest BCUT2D eigenvalue weighted by atomic mass is 19.1. The molecule has 5 aliphatic rings. The van der Waals surface area contributed by atoms with Crippen molar-refractivity contribution in [2.75, 3.05) is 220 Å². The molecule has 0 bridgehead atoms. The maximum atomic E-state index is 13.2. The van der Waals surface area contributed by atoms with Gasteiger partial charge < -0.3 is 108 Å². The van der Waals surface area contributed by atoms with Crippen LogP contribution in [0.3, 0.4) is 0 Å². The number of nitriles is 1. The average molecular weight is 1820 g/mol. The Morgan fingerprint density at radius 2 is 0.719 bits per heavy atom. The molecule has 5 aliphatic heterocycles. The Bertz CT molecular complexity index is 6420. The van der Waals surface area contributed by atoms with Crippen molar-refractivity contribution in [3.8, 4) is 85.4 Å². The lowest BCUT2D eigenvalue weighted by Gasteiger charge is -2.27. The molecule has 688 valence electrons. The fourth-order valence-corrected chi connectivity index (χ4v) is 13.8. The number of para-hydroxylation sites is 2. The first-order valence-corrected chi connectivity index (χ1v) is 42.7. The van der Waals surface area contributed by atoms with Crippen molar-refractivity contribution in [3.63, 3.8) is 0 Å². The van der Waals surface area contributed by atoms with Crippen LogP contribution >= 0.6 is 0 Å². The predicted molar refractivity (Wildman–Crippen MR) is 507 cm³/mol. The Morgan fingerprint density at radius 1 is 0.356 bits per heavy atom. The van der Waals surface area contributed by atoms with Crippen LogP contribution in [0.1, 0.15) is 5.56 Å². The zero-order valence-electron chi connectivity index (χ0n) is 73.4. The van der Waals surface area contributed by atoms with Gasteiger partial charge in [0.25, 0.3) is 0 Å². The van der Waals surface area contributed by atoms with E-state index >= 15 is 0 Å². The highest BCUT2D eigenvalue weighted by Crippen LogP contribution is 2.34. The molecule has 135 heavy (non-hydrogen) atoms. The number of pyridine rings is 2. The van der Waals surface area contributed by atoms with E-state index in [0.29, 0.717) is 178 Å². The van der Waals surface area contributed by atoms with Crippen LogP contribution in [-0.4, -0.2) is 256 Å². The first-order chi connectivity index (χ1) is 66.1. The van der Waals surface area contributed by atoms with Gasteiger partial charge >= 0.3 is 0 Å². The summed E-state index contributed by atoms with van der Waals surface area (Å²) in [5.41, 5.74) is 40.0. The molecule has 0 spiro atoms. The summed E-state index contributed by atoms with van der Waals surface area (Å²) < 4.78 is 51.0. The summed E-state index contributed by atoms with van der Waals surface area (Å²) in [6.07, 6.45) is 13.2. The maximum absolute atomic E-state index is 13.2. The van der Waals surface area contributed by atoms with Gasteiger partial charge in [0.15, 0.2) is 0 Å². The number of nitrogens with zero attached hydrogens (tertiary/aromatic N) is 27. The normalized spacial score (nSPS) is 14.1. The molecule has 45 heteroatoms. The van der Waals surface area contributed by atoms with E-state index in [1.54, 1.807) is 100 Å². The van der Waals surface area contributed by atoms with Gasteiger partial charge in [-0.05, 0) is 102 Å². The number of nitrogen functional groups attached to an aromatic ring is 5. The third-order valence-electron chi connectivity index (χ3n) is 20.8. The van der Waals surface area contributed by atoms with Crippen molar-refractivity contribution in [2.24, 2.45) is 0 Å². The number of methoxy groups -OCH3 is 2. The van der Waals surface area contributed by atoms with Crippen LogP contribution in [0.25, 0.3) is 67.8 Å². The van der Waals surface area contributed by atoms with E-state index in [2.05, 4.69) is 137 Å². The predicted octanol–water partition coefficient (Wildman–Crippen LogP) is 9.15. The summed E-state index contributed by atoms with van der Waals surface area (Å²) in [7, 11) is 3.27. The quantitative estimate of drug-likeness (QED) is 0.0320. The molecule has 4 aromatic carbocycles. The molecule has 5 saturated heterocycles. The number of halogens is 1. The summed E-state index contributed by atoms with van der Waals surface area (Å²) >= 11 is 0. The second kappa shape index (κ2) is 45.0. The Hall–Kier alpha value is -17.1. The average Bonchev–Trinajstić information content (AvgIpc) is 1.24. The molecule has 0 atom stereocenters. The van der Waals surface area contributed by atoms with Crippen molar-refractivity contribution in [2.45, 2.75) is 0 Å². The van der Waals surface area contributed by atoms with Crippen LogP contribution in [0.15, 0.2) is 201 Å². The lowest BCUT2D eigenvalue weighted by Crippen LogP contribution is -2.37. The lowest BCUT2D eigenvalue weighted by atomic mass is 10.2. The number of anilines is 18. The number of nitrogens with one attached hydrogen (secondary N) is 5. The third-order valence-corrected chi connectivity index (χ3v) is 20.8. The number of nitrogens with two attached hydrogens (primary N) is 5. The molecule has 16 heterocycles. The Labute approximate surface area is 772 Å². The second-order valence-electron chi connectivity index (χ2n) is 30.0. The summed E-state index contributed by atoms with van der Waals surface area (Å²) in [4.78, 5) is 89.7. The van der Waals surface area contributed by atoms with Gasteiger partial charge in [0.2, 0.25) is 53.4 Å². The van der Waals surface area contributed by atoms with E-state index in [-0.39, 0.29) is 23.7 Å². The van der Waals surface area contributed by atoms with Crippen LogP contribution in [0.4, 0.5) is 110 Å². The number of benzene rings is 4. The molecular weight excluding hydrogens is 1730 g/mol. The molecule has 20 rings (SSSR count). The third kappa shape index (κ3) is 25.3. The fraction of sp³-hybridized carbons (Fsp3) is 0.244. The van der Waals surface area contributed by atoms with Crippen LogP contribution in [0.2, 0.25) is 0 Å². The van der Waals surface area contributed by atoms with E-state index in [4.69, 9.17) is 92.0 Å². The number of hydrogen-bond donors (Lipinski definition) is 10. The molecule has 0 unspecified atom stereocenters. The number of aromatic nitrogens is 22. The summed E-state index contributed by atoms with van der Waals surface area (Å²) in [6, 6.07) is 47.2. The number of ether oxygens (including phenoxy) is 7. The van der Waals surface area contributed by atoms with Gasteiger partial charge in [-0.3, -0.25) is 0 Å². The van der Waals surface area contributed by atoms with Crippen molar-refractivity contribution in [1.82, 2.24) is 110 Å². The zero-order valence-corrected chi connectivity index (χ0v) is 73.4. The Kier molecular flexibility index (Phi) is 30.4. The smallest absolute Gasteiger partial charge is 0.228 e. The first kappa shape index (κ1) is 91.2. The number of rotatable bonds is 21. The molecule has 0 aliphatic carbocycles. The van der Waals surface area contributed by atoms with Gasteiger partial charge in [0.1, 0.15) is 57.9 Å². The minimum absolute atomic E-state index is 0.206. The standard InChI is InChI=1S/C19H19FN6O.C19H18N8O.2C19H21N7O2.C14H15N9O/c20-14-2-4-15(5-3-14)23-18-11-16(13-1-6-17(21)22-12-13)24-19(25-18)26-7-9-27-10-8-26;20-10-13-2-1-3-15(8-13)24-17-9-16(14-11-22-18(21)23-12-14)25-19(26-17)27-4-6-28-7-5-27;1-27-15-4-2-3-14(9-15)23-17-10-16(13-11-21-18(20)22-12-13)24-19(25-17)26-5-7-28-8-6-26;1-27-16-5-3-2-4-14(16)23-17-10-15(13-11-21-18(20)22-12-13)24-19(25-17)26-6-8-28-9-7-26;15-12-2-1-9(8-16-12)10-7-11(13-19-21-22-20-13)18-14(17-10)23-3-5-24-6-4-23/h1-6,11-12H,7-10H2,(H2,21,22)(H,23,24,25);1-3,8-9,11-12H,4-7H2,(H2,21,22,23)(H,24,25,26);2-4,9-12H,5-8H2,1H3,(H2,20,21,22)(H,23,24,25);2-5,10-12H,6-9H2,1H3,(H2,20,21,22)(H,23,24,25);1-2,7-8H,3-6H2,(H2,15,16)(H,19,20,21,22). The van der Waals surface area contributed by atoms with E-state index < -0.39 is 0 Å². The van der Waals surface area contributed by atoms with Crippen LogP contribution in [-0.2, 0) is 23.7 Å². The number of hydrogen-bond acceptors (Lipinski definition) is 43. The monoisotopic (exact) mass is 1820 g/mol. The van der Waals surface area contributed by atoms with Gasteiger partial charge in [0.05, 0.1) is 126 Å².